The Balaban J connectivity index is 1.58. The summed E-state index contributed by atoms with van der Waals surface area (Å²) < 4.78 is 32.1. The molecule has 0 saturated heterocycles. The van der Waals surface area contributed by atoms with Gasteiger partial charge in [0.15, 0.2) is 9.84 Å². The molecule has 0 aliphatic rings. The topological polar surface area (TPSA) is 135 Å². The molecule has 3 aromatic carbocycles. The number of methoxy groups -OCH3 is 1. The molecule has 0 radical (unpaired) electrons. The van der Waals surface area contributed by atoms with E-state index in [0.29, 0.717) is 10.9 Å². The van der Waals surface area contributed by atoms with Crippen LogP contribution in [0.5, 0.6) is 11.6 Å². The molecule has 0 aliphatic heterocycles. The highest BCUT2D eigenvalue weighted by molar-refractivity contribution is 7.93. The van der Waals surface area contributed by atoms with Gasteiger partial charge in [-0.05, 0) is 38.1 Å². The maximum atomic E-state index is 13.5. The first kappa shape index (κ1) is 28.2. The number of carbonyl (C=O) groups excluding carboxylic acids is 2. The van der Waals surface area contributed by atoms with Crippen LogP contribution in [0.1, 0.15) is 22.8 Å². The van der Waals surface area contributed by atoms with Gasteiger partial charge in [-0.25, -0.2) is 13.4 Å². The number of anilines is 2. The summed E-state index contributed by atoms with van der Waals surface area (Å²) in [6.45, 7) is 3.04. The normalized spacial score (nSPS) is 12.1. The second-order valence-electron chi connectivity index (χ2n) is 8.64. The van der Waals surface area contributed by atoms with E-state index < -0.39 is 32.7 Å². The van der Waals surface area contributed by atoms with Gasteiger partial charge in [0.25, 0.3) is 5.91 Å². The highest BCUT2D eigenvalue weighted by Crippen LogP contribution is 2.35. The number of sulfone groups is 1. The lowest BCUT2D eigenvalue weighted by Crippen LogP contribution is -2.33. The Labute approximate surface area is 234 Å². The number of benzene rings is 3. The van der Waals surface area contributed by atoms with E-state index >= 15 is 0 Å². The third-order valence-corrected chi connectivity index (χ3v) is 8.70. The Bertz CT molecular complexity index is 1730. The van der Waals surface area contributed by atoms with E-state index in [1.807, 2.05) is 0 Å². The second-order valence-corrected chi connectivity index (χ2v) is 11.7. The van der Waals surface area contributed by atoms with Crippen LogP contribution in [0.3, 0.4) is 0 Å². The summed E-state index contributed by atoms with van der Waals surface area (Å²) in [6.07, 6.45) is 0. The molecule has 39 heavy (non-hydrogen) atoms. The van der Waals surface area contributed by atoms with Crippen LogP contribution < -0.4 is 15.4 Å². The van der Waals surface area contributed by atoms with E-state index in [9.17, 15) is 23.1 Å². The van der Waals surface area contributed by atoms with Crippen molar-refractivity contribution in [2.45, 2.75) is 24.0 Å². The second kappa shape index (κ2) is 11.1. The van der Waals surface area contributed by atoms with E-state index in [1.165, 1.54) is 26.2 Å². The summed E-state index contributed by atoms with van der Waals surface area (Å²) in [4.78, 5) is 29.9. The fourth-order valence-corrected chi connectivity index (χ4v) is 5.67. The third kappa shape index (κ3) is 5.78. The number of aryl methyl sites for hydroxylation is 1. The monoisotopic (exact) mass is 587 g/mol. The molecule has 1 heterocycles. The number of ether oxygens (including phenoxy) is 1. The van der Waals surface area contributed by atoms with E-state index in [2.05, 4.69) is 15.6 Å². The lowest BCUT2D eigenvalue weighted by molar-refractivity contribution is -0.115. The van der Waals surface area contributed by atoms with Crippen LogP contribution >= 0.6 is 23.2 Å². The minimum absolute atomic E-state index is 0.0309. The molecular formula is C27H23Cl2N3O6S. The number of rotatable bonds is 7. The van der Waals surface area contributed by atoms with Gasteiger partial charge in [-0.15, -0.1) is 0 Å². The number of halogens is 2. The van der Waals surface area contributed by atoms with Gasteiger partial charge >= 0.3 is 0 Å². The van der Waals surface area contributed by atoms with Crippen molar-refractivity contribution in [1.82, 2.24) is 4.98 Å². The molecule has 202 valence electrons. The van der Waals surface area contributed by atoms with Crippen molar-refractivity contribution in [1.29, 1.82) is 0 Å². The number of nitrogens with zero attached hydrogens (tertiary/aromatic N) is 1. The summed E-state index contributed by atoms with van der Waals surface area (Å²) >= 11 is 12.4. The molecule has 0 saturated carbocycles. The molecule has 9 nitrogen and oxygen atoms in total. The van der Waals surface area contributed by atoms with Gasteiger partial charge in [-0.3, -0.25) is 9.59 Å². The number of phenols is 1. The van der Waals surface area contributed by atoms with E-state index in [-0.39, 0.29) is 37.8 Å². The van der Waals surface area contributed by atoms with Crippen LogP contribution in [0.4, 0.5) is 11.4 Å². The number of aromatic nitrogens is 1. The standard InChI is InChI=1S/C27H23Cl2N3O6S/c1-14-8-9-18(28)17(10-14)27(35)32-22-11-19(29)21(12-23(22)33)31-26(34)15(2)39(36,37)24-13-25(38-3)30-20-7-5-4-6-16(20)24/h4-13,15,33H,1-3H3,(H,31,34)(H,32,35). The zero-order valence-corrected chi connectivity index (χ0v) is 23.3. The van der Waals surface area contributed by atoms with Gasteiger partial charge in [0, 0.05) is 17.5 Å². The molecule has 0 bridgehead atoms. The van der Waals surface area contributed by atoms with Crippen molar-refractivity contribution in [3.05, 3.63) is 81.8 Å². The van der Waals surface area contributed by atoms with Crippen molar-refractivity contribution in [2.75, 3.05) is 17.7 Å². The van der Waals surface area contributed by atoms with Gasteiger partial charge < -0.3 is 20.5 Å². The van der Waals surface area contributed by atoms with Crippen LogP contribution in [0, 0.1) is 6.92 Å². The Hall–Kier alpha value is -3.86. The minimum atomic E-state index is -4.21. The molecular weight excluding hydrogens is 565 g/mol. The van der Waals surface area contributed by atoms with Gasteiger partial charge in [0.2, 0.25) is 11.8 Å². The SMILES string of the molecule is COc1cc(S(=O)(=O)C(C)C(=O)Nc2cc(O)c(NC(=O)c3cc(C)ccc3Cl)cc2Cl)c2ccccc2n1. The molecule has 1 atom stereocenters. The van der Waals surface area contributed by atoms with E-state index in [4.69, 9.17) is 27.9 Å². The summed E-state index contributed by atoms with van der Waals surface area (Å²) in [5.41, 5.74) is 1.32. The molecule has 4 aromatic rings. The van der Waals surface area contributed by atoms with Gasteiger partial charge in [0.1, 0.15) is 11.0 Å². The quantitative estimate of drug-likeness (QED) is 0.239. The highest BCUT2D eigenvalue weighted by atomic mass is 35.5. The number of aromatic hydroxyl groups is 1. The Morgan fingerprint density at radius 2 is 1.69 bits per heavy atom. The van der Waals surface area contributed by atoms with Crippen molar-refractivity contribution >= 4 is 67.1 Å². The van der Waals surface area contributed by atoms with Crippen LogP contribution in [-0.2, 0) is 14.6 Å². The number of carbonyl (C=O) groups is 2. The van der Waals surface area contributed by atoms with Crippen molar-refractivity contribution < 1.29 is 27.9 Å². The number of nitrogens with one attached hydrogen (secondary N) is 2. The van der Waals surface area contributed by atoms with Gasteiger partial charge in [0.05, 0.1) is 44.5 Å². The molecule has 2 amide bonds. The minimum Gasteiger partial charge on any atom is -0.506 e. The lowest BCUT2D eigenvalue weighted by atomic mass is 10.1. The highest BCUT2D eigenvalue weighted by Gasteiger charge is 2.32. The first-order chi connectivity index (χ1) is 18.4. The molecule has 12 heteroatoms. The first-order valence-corrected chi connectivity index (χ1v) is 13.8. The number of pyridine rings is 1. The largest absolute Gasteiger partial charge is 0.506 e. The maximum Gasteiger partial charge on any atom is 0.257 e. The Morgan fingerprint density at radius 3 is 2.41 bits per heavy atom. The summed E-state index contributed by atoms with van der Waals surface area (Å²) in [5, 5.41) is 14.4. The van der Waals surface area contributed by atoms with Gasteiger partial charge in [-0.2, -0.15) is 0 Å². The molecule has 0 aliphatic carbocycles. The average molecular weight is 588 g/mol. The predicted molar refractivity (Wildman–Crippen MR) is 151 cm³/mol. The zero-order valence-electron chi connectivity index (χ0n) is 21.0. The van der Waals surface area contributed by atoms with E-state index in [0.717, 1.165) is 11.6 Å². The van der Waals surface area contributed by atoms with Crippen molar-refractivity contribution in [3.8, 4) is 11.6 Å². The molecule has 1 unspecified atom stereocenters. The van der Waals surface area contributed by atoms with E-state index in [1.54, 1.807) is 49.4 Å². The number of hydrogen-bond donors (Lipinski definition) is 3. The summed E-state index contributed by atoms with van der Waals surface area (Å²) in [5.74, 6) is -1.80. The molecule has 0 fully saturated rings. The lowest BCUT2D eigenvalue weighted by Gasteiger charge is -2.17. The fourth-order valence-electron chi connectivity index (χ4n) is 3.79. The Morgan fingerprint density at radius 1 is 0.974 bits per heavy atom. The number of para-hydroxylation sites is 1. The van der Waals surface area contributed by atoms with Crippen LogP contribution in [0.2, 0.25) is 10.0 Å². The van der Waals surface area contributed by atoms with Crippen molar-refractivity contribution in [2.24, 2.45) is 0 Å². The van der Waals surface area contributed by atoms with Crippen molar-refractivity contribution in [3.63, 3.8) is 0 Å². The van der Waals surface area contributed by atoms with Gasteiger partial charge in [-0.1, -0.05) is 53.0 Å². The number of phenolic OH excluding ortho intramolecular Hbond substituents is 1. The predicted octanol–water partition coefficient (Wildman–Crippen LogP) is 5.62. The fraction of sp³-hybridized carbons (Fsp3) is 0.148. The Kier molecular flexibility index (Phi) is 8.01. The van der Waals surface area contributed by atoms with Crippen LogP contribution in [0.15, 0.2) is 65.6 Å². The molecule has 4 rings (SSSR count). The van der Waals surface area contributed by atoms with Crippen LogP contribution in [-0.4, -0.2) is 42.7 Å². The summed E-state index contributed by atoms with van der Waals surface area (Å²) in [7, 11) is -2.85. The summed E-state index contributed by atoms with van der Waals surface area (Å²) in [6, 6.07) is 15.1. The number of hydrogen-bond acceptors (Lipinski definition) is 7. The smallest absolute Gasteiger partial charge is 0.257 e. The molecule has 3 N–H and O–H groups in total. The average Bonchev–Trinajstić information content (AvgIpc) is 2.91. The van der Waals surface area contributed by atoms with Crippen LogP contribution in [0.25, 0.3) is 10.9 Å². The first-order valence-electron chi connectivity index (χ1n) is 11.5. The zero-order chi connectivity index (χ0) is 28.5. The number of fused-ring (bicyclic) bond motifs is 1. The number of amides is 2. The maximum absolute atomic E-state index is 13.5. The molecule has 0 spiro atoms. The third-order valence-electron chi connectivity index (χ3n) is 5.96. The molecule has 1 aromatic heterocycles.